The second kappa shape index (κ2) is 6.27. The number of morpholine rings is 1. The molecular weight excluding hydrogens is 254 g/mol. The zero-order valence-corrected chi connectivity index (χ0v) is 11.4. The van der Waals surface area contributed by atoms with Crippen molar-refractivity contribution in [2.24, 2.45) is 0 Å². The number of ether oxygens (including phenoxy) is 3. The Kier molecular flexibility index (Phi) is 4.69. The van der Waals surface area contributed by atoms with Crippen molar-refractivity contribution in [2.45, 2.75) is 0 Å². The Morgan fingerprint density at radius 1 is 1.17 bits per heavy atom. The van der Waals surface area contributed by atoms with Gasteiger partial charge in [-0.2, -0.15) is 0 Å². The second-order valence-corrected chi connectivity index (χ2v) is 4.41. The summed E-state index contributed by atoms with van der Waals surface area (Å²) >= 11 is 6.13. The molecule has 0 unspecified atom stereocenters. The van der Waals surface area contributed by atoms with Crippen LogP contribution in [0.25, 0.3) is 0 Å². The van der Waals surface area contributed by atoms with Crippen molar-refractivity contribution >= 4 is 11.6 Å². The second-order valence-electron chi connectivity index (χ2n) is 4.01. The number of benzene rings is 1. The molecule has 4 nitrogen and oxygen atoms in total. The van der Waals surface area contributed by atoms with Crippen molar-refractivity contribution in [1.82, 2.24) is 4.90 Å². The lowest BCUT2D eigenvalue weighted by atomic mass is 10.1. The van der Waals surface area contributed by atoms with Crippen molar-refractivity contribution in [1.29, 1.82) is 0 Å². The molecule has 0 aromatic heterocycles. The highest BCUT2D eigenvalue weighted by molar-refractivity contribution is 6.32. The lowest BCUT2D eigenvalue weighted by Crippen LogP contribution is -2.34. The van der Waals surface area contributed by atoms with Gasteiger partial charge in [-0.1, -0.05) is 11.6 Å². The highest BCUT2D eigenvalue weighted by atomic mass is 35.5. The fraction of sp³-hybridized carbons (Fsp3) is 0.462. The third-order valence-corrected chi connectivity index (χ3v) is 3.17. The van der Waals surface area contributed by atoms with Gasteiger partial charge < -0.3 is 14.2 Å². The van der Waals surface area contributed by atoms with E-state index in [0.29, 0.717) is 10.8 Å². The van der Waals surface area contributed by atoms with Gasteiger partial charge in [-0.3, -0.25) is 4.90 Å². The highest BCUT2D eigenvalue weighted by Crippen LogP contribution is 2.33. The molecule has 1 aliphatic heterocycles. The summed E-state index contributed by atoms with van der Waals surface area (Å²) in [5.74, 6) is 1.37. The molecule has 0 aliphatic carbocycles. The fourth-order valence-electron chi connectivity index (χ4n) is 1.89. The van der Waals surface area contributed by atoms with E-state index >= 15 is 0 Å². The fourth-order valence-corrected chi connectivity index (χ4v) is 2.14. The van der Waals surface area contributed by atoms with E-state index in [0.717, 1.165) is 37.6 Å². The van der Waals surface area contributed by atoms with Crippen LogP contribution in [-0.4, -0.2) is 45.4 Å². The summed E-state index contributed by atoms with van der Waals surface area (Å²) in [4.78, 5) is 2.20. The molecule has 1 saturated heterocycles. The molecule has 0 bridgehead atoms. The first-order chi connectivity index (χ1) is 8.74. The van der Waals surface area contributed by atoms with Crippen LogP contribution in [0, 0.1) is 6.54 Å². The van der Waals surface area contributed by atoms with E-state index in [-0.39, 0.29) is 0 Å². The van der Waals surface area contributed by atoms with Gasteiger partial charge in [0, 0.05) is 24.7 Å². The van der Waals surface area contributed by atoms with Crippen LogP contribution in [0.2, 0.25) is 5.02 Å². The van der Waals surface area contributed by atoms with E-state index in [2.05, 4.69) is 4.90 Å². The molecule has 0 amide bonds. The van der Waals surface area contributed by atoms with Crippen LogP contribution in [0.5, 0.6) is 11.5 Å². The van der Waals surface area contributed by atoms with Gasteiger partial charge in [0.2, 0.25) is 0 Å². The summed E-state index contributed by atoms with van der Waals surface area (Å²) < 4.78 is 15.8. The molecule has 0 atom stereocenters. The minimum absolute atomic E-state index is 0.581. The topological polar surface area (TPSA) is 30.9 Å². The Labute approximate surface area is 112 Å². The quantitative estimate of drug-likeness (QED) is 0.839. The van der Waals surface area contributed by atoms with Gasteiger partial charge >= 0.3 is 0 Å². The van der Waals surface area contributed by atoms with Gasteiger partial charge in [-0.15, -0.1) is 0 Å². The van der Waals surface area contributed by atoms with Crippen molar-refractivity contribution in [3.05, 3.63) is 29.3 Å². The number of hydrogen-bond donors (Lipinski definition) is 0. The zero-order valence-electron chi connectivity index (χ0n) is 10.6. The average Bonchev–Trinajstić information content (AvgIpc) is 2.40. The first-order valence-electron chi connectivity index (χ1n) is 5.83. The summed E-state index contributed by atoms with van der Waals surface area (Å²) in [6.45, 7) is 5.32. The Morgan fingerprint density at radius 2 is 1.83 bits per heavy atom. The molecule has 1 aromatic rings. The lowest BCUT2D eigenvalue weighted by Gasteiger charge is -2.26. The minimum atomic E-state index is 0.581. The zero-order chi connectivity index (χ0) is 13.0. The van der Waals surface area contributed by atoms with E-state index in [1.807, 2.05) is 12.6 Å². The molecule has 1 aromatic carbocycles. The monoisotopic (exact) mass is 270 g/mol. The van der Waals surface area contributed by atoms with Gasteiger partial charge in [-0.05, 0) is 6.07 Å². The van der Waals surface area contributed by atoms with Crippen LogP contribution in [0.1, 0.15) is 5.56 Å². The molecule has 0 N–H and O–H groups in total. The standard InChI is InChI=1S/C13H17ClNO3/c1-16-12-8-13(17-2)11(14)7-10(12)9-15-3-5-18-6-4-15/h7-9H,3-6H2,1-2H3. The first-order valence-corrected chi connectivity index (χ1v) is 6.20. The number of hydrogen-bond acceptors (Lipinski definition) is 4. The van der Waals surface area contributed by atoms with Gasteiger partial charge in [0.25, 0.3) is 0 Å². The van der Waals surface area contributed by atoms with Gasteiger partial charge in [0.05, 0.1) is 39.0 Å². The van der Waals surface area contributed by atoms with E-state index in [9.17, 15) is 0 Å². The Balaban J connectivity index is 2.17. The highest BCUT2D eigenvalue weighted by Gasteiger charge is 2.16. The van der Waals surface area contributed by atoms with E-state index in [1.165, 1.54) is 0 Å². The van der Waals surface area contributed by atoms with Crippen molar-refractivity contribution < 1.29 is 14.2 Å². The largest absolute Gasteiger partial charge is 0.496 e. The molecule has 0 saturated carbocycles. The van der Waals surface area contributed by atoms with Crippen LogP contribution >= 0.6 is 11.6 Å². The van der Waals surface area contributed by atoms with E-state index in [1.54, 1.807) is 20.3 Å². The van der Waals surface area contributed by atoms with Crippen LogP contribution in [0.15, 0.2) is 12.1 Å². The molecular formula is C13H17ClNO3. The molecule has 1 heterocycles. The maximum atomic E-state index is 6.13. The van der Waals surface area contributed by atoms with Crippen molar-refractivity contribution in [2.75, 3.05) is 40.5 Å². The van der Waals surface area contributed by atoms with Crippen LogP contribution in [0.4, 0.5) is 0 Å². The number of methoxy groups -OCH3 is 2. The summed E-state index contributed by atoms with van der Waals surface area (Å²) in [5.41, 5.74) is 0.949. The van der Waals surface area contributed by atoms with Crippen LogP contribution in [0.3, 0.4) is 0 Å². The minimum Gasteiger partial charge on any atom is -0.496 e. The maximum Gasteiger partial charge on any atom is 0.141 e. The van der Waals surface area contributed by atoms with Gasteiger partial charge in [0.15, 0.2) is 0 Å². The number of rotatable bonds is 4. The molecule has 18 heavy (non-hydrogen) atoms. The van der Waals surface area contributed by atoms with E-state index < -0.39 is 0 Å². The third-order valence-electron chi connectivity index (χ3n) is 2.87. The Hall–Kier alpha value is -0.970. The summed E-state index contributed by atoms with van der Waals surface area (Å²) in [7, 11) is 3.23. The molecule has 99 valence electrons. The molecule has 5 heteroatoms. The number of halogens is 1. The SMILES string of the molecule is COc1cc(OC)c([CH]N2CCOCC2)cc1Cl. The lowest BCUT2D eigenvalue weighted by molar-refractivity contribution is 0.0530. The third kappa shape index (κ3) is 3.07. The molecule has 0 spiro atoms. The van der Waals surface area contributed by atoms with Crippen molar-refractivity contribution in [3.8, 4) is 11.5 Å². The van der Waals surface area contributed by atoms with Crippen LogP contribution < -0.4 is 9.47 Å². The predicted molar refractivity (Wildman–Crippen MR) is 70.4 cm³/mol. The number of nitrogens with zero attached hydrogens (tertiary/aromatic N) is 1. The molecule has 2 rings (SSSR count). The maximum absolute atomic E-state index is 6.13. The Morgan fingerprint density at radius 3 is 2.44 bits per heavy atom. The average molecular weight is 271 g/mol. The molecule has 1 radical (unpaired) electrons. The normalized spacial score (nSPS) is 16.6. The summed E-state index contributed by atoms with van der Waals surface area (Å²) in [6, 6.07) is 3.66. The van der Waals surface area contributed by atoms with Gasteiger partial charge in [0.1, 0.15) is 11.5 Å². The van der Waals surface area contributed by atoms with E-state index in [4.69, 9.17) is 25.8 Å². The Bertz CT molecular complexity index is 405. The summed E-state index contributed by atoms with van der Waals surface area (Å²) in [6.07, 6.45) is 0. The molecule has 1 fully saturated rings. The molecule has 1 aliphatic rings. The van der Waals surface area contributed by atoms with Gasteiger partial charge in [-0.25, -0.2) is 0 Å². The predicted octanol–water partition coefficient (Wildman–Crippen LogP) is 2.20. The first kappa shape index (κ1) is 13.5. The van der Waals surface area contributed by atoms with Crippen LogP contribution in [-0.2, 0) is 4.74 Å². The summed E-state index contributed by atoms with van der Waals surface area (Å²) in [5, 5.41) is 0.581. The smallest absolute Gasteiger partial charge is 0.141 e. The van der Waals surface area contributed by atoms with Crippen molar-refractivity contribution in [3.63, 3.8) is 0 Å².